The van der Waals surface area contributed by atoms with E-state index < -0.39 is 5.97 Å². The Labute approximate surface area is 102 Å². The first-order chi connectivity index (χ1) is 8.15. The number of hydrogen-bond acceptors (Lipinski definition) is 5. The number of amides is 1. The number of methoxy groups -OCH3 is 1. The van der Waals surface area contributed by atoms with E-state index in [1.165, 1.54) is 18.4 Å². The molecule has 1 aromatic rings. The van der Waals surface area contributed by atoms with Crippen molar-refractivity contribution in [2.45, 2.75) is 0 Å². The van der Waals surface area contributed by atoms with E-state index in [0.29, 0.717) is 10.6 Å². The predicted octanol–water partition coefficient (Wildman–Crippen LogP) is 0.588. The number of carboxylic acids is 1. The summed E-state index contributed by atoms with van der Waals surface area (Å²) in [7, 11) is 1.49. The zero-order valence-electron chi connectivity index (χ0n) is 9.26. The minimum absolute atomic E-state index is 0.158. The first kappa shape index (κ1) is 13.5. The van der Waals surface area contributed by atoms with Gasteiger partial charge in [-0.25, -0.2) is 4.79 Å². The molecule has 0 atom stereocenters. The standard InChI is InChI=1S/C10H13NO5S/c1-15-7-2-5-17-9(7)10(14)11-3-4-16-6-8(12)13/h2,5H,3-4,6H2,1H3,(H,11,14)(H,12,13). The molecule has 17 heavy (non-hydrogen) atoms. The van der Waals surface area contributed by atoms with Crippen molar-refractivity contribution in [3.05, 3.63) is 16.3 Å². The Morgan fingerprint density at radius 3 is 2.94 bits per heavy atom. The maximum absolute atomic E-state index is 11.6. The predicted molar refractivity (Wildman–Crippen MR) is 61.7 cm³/mol. The Morgan fingerprint density at radius 2 is 2.29 bits per heavy atom. The van der Waals surface area contributed by atoms with Gasteiger partial charge in [0.15, 0.2) is 0 Å². The first-order valence-corrected chi connectivity index (χ1v) is 5.72. The minimum Gasteiger partial charge on any atom is -0.495 e. The Morgan fingerprint density at radius 1 is 1.53 bits per heavy atom. The molecule has 1 heterocycles. The molecule has 0 saturated heterocycles. The van der Waals surface area contributed by atoms with Crippen LogP contribution in [0.1, 0.15) is 9.67 Å². The Bertz CT molecular complexity index is 390. The van der Waals surface area contributed by atoms with Crippen LogP contribution >= 0.6 is 11.3 Å². The number of ether oxygens (including phenoxy) is 2. The van der Waals surface area contributed by atoms with E-state index in [-0.39, 0.29) is 25.7 Å². The number of carbonyl (C=O) groups excluding carboxylic acids is 1. The van der Waals surface area contributed by atoms with E-state index in [1.807, 2.05) is 0 Å². The van der Waals surface area contributed by atoms with Crippen LogP contribution in [0.3, 0.4) is 0 Å². The lowest BCUT2D eigenvalue weighted by Crippen LogP contribution is -2.27. The van der Waals surface area contributed by atoms with Gasteiger partial charge in [-0.2, -0.15) is 0 Å². The van der Waals surface area contributed by atoms with Crippen molar-refractivity contribution >= 4 is 23.2 Å². The largest absolute Gasteiger partial charge is 0.495 e. The minimum atomic E-state index is -1.03. The van der Waals surface area contributed by atoms with Gasteiger partial charge in [0.25, 0.3) is 5.91 Å². The van der Waals surface area contributed by atoms with E-state index in [1.54, 1.807) is 11.4 Å². The highest BCUT2D eigenvalue weighted by Crippen LogP contribution is 2.23. The second-order valence-corrected chi connectivity index (χ2v) is 3.94. The monoisotopic (exact) mass is 259 g/mol. The fourth-order valence-corrected chi connectivity index (χ4v) is 1.87. The normalized spacial score (nSPS) is 9.94. The molecule has 7 heteroatoms. The van der Waals surface area contributed by atoms with E-state index in [0.717, 1.165) is 0 Å². The number of thiophene rings is 1. The van der Waals surface area contributed by atoms with Crippen LogP contribution in [0.2, 0.25) is 0 Å². The Hall–Kier alpha value is -1.60. The third-order valence-corrected chi connectivity index (χ3v) is 2.71. The molecule has 0 bridgehead atoms. The summed E-state index contributed by atoms with van der Waals surface area (Å²) < 4.78 is 9.78. The average molecular weight is 259 g/mol. The fraction of sp³-hybridized carbons (Fsp3) is 0.400. The third-order valence-electron chi connectivity index (χ3n) is 1.81. The summed E-state index contributed by atoms with van der Waals surface area (Å²) in [6, 6.07) is 1.71. The molecular weight excluding hydrogens is 246 g/mol. The summed E-state index contributed by atoms with van der Waals surface area (Å²) in [6.45, 7) is 0.0527. The van der Waals surface area contributed by atoms with E-state index in [9.17, 15) is 9.59 Å². The highest BCUT2D eigenvalue weighted by Gasteiger charge is 2.12. The van der Waals surface area contributed by atoms with Crippen molar-refractivity contribution in [2.75, 3.05) is 26.9 Å². The molecule has 0 aliphatic rings. The summed E-state index contributed by atoms with van der Waals surface area (Å²) in [6.07, 6.45) is 0. The zero-order valence-corrected chi connectivity index (χ0v) is 10.1. The molecule has 0 aliphatic carbocycles. The smallest absolute Gasteiger partial charge is 0.329 e. The molecule has 0 radical (unpaired) electrons. The van der Waals surface area contributed by atoms with Gasteiger partial charge in [0.05, 0.1) is 13.7 Å². The first-order valence-electron chi connectivity index (χ1n) is 4.84. The number of carbonyl (C=O) groups is 2. The molecule has 0 unspecified atom stereocenters. The van der Waals surface area contributed by atoms with Crippen LogP contribution in [0.4, 0.5) is 0 Å². The van der Waals surface area contributed by atoms with Gasteiger partial charge in [0, 0.05) is 6.54 Å². The maximum atomic E-state index is 11.6. The van der Waals surface area contributed by atoms with Crippen LogP contribution < -0.4 is 10.1 Å². The van der Waals surface area contributed by atoms with Crippen LogP contribution in [0, 0.1) is 0 Å². The molecule has 0 spiro atoms. The molecule has 1 aromatic heterocycles. The Kier molecular flexibility index (Phi) is 5.44. The van der Waals surface area contributed by atoms with Crippen molar-refractivity contribution in [1.82, 2.24) is 5.32 Å². The fourth-order valence-electron chi connectivity index (χ4n) is 1.10. The molecule has 0 aliphatic heterocycles. The number of hydrogen-bond donors (Lipinski definition) is 2. The molecule has 0 fully saturated rings. The lowest BCUT2D eigenvalue weighted by Gasteiger charge is -2.05. The second kappa shape index (κ2) is 6.87. The van der Waals surface area contributed by atoms with Gasteiger partial charge in [-0.3, -0.25) is 4.79 Å². The molecule has 6 nitrogen and oxygen atoms in total. The topological polar surface area (TPSA) is 84.9 Å². The number of nitrogens with one attached hydrogen (secondary N) is 1. The summed E-state index contributed by atoms with van der Waals surface area (Å²) in [5.41, 5.74) is 0. The average Bonchev–Trinajstić information content (AvgIpc) is 2.75. The highest BCUT2D eigenvalue weighted by molar-refractivity contribution is 7.12. The maximum Gasteiger partial charge on any atom is 0.329 e. The summed E-state index contributed by atoms with van der Waals surface area (Å²) >= 11 is 1.28. The number of rotatable bonds is 7. The van der Waals surface area contributed by atoms with E-state index >= 15 is 0 Å². The van der Waals surface area contributed by atoms with Crippen LogP contribution in [0.25, 0.3) is 0 Å². The molecule has 0 aromatic carbocycles. The van der Waals surface area contributed by atoms with Gasteiger partial charge in [-0.05, 0) is 11.4 Å². The van der Waals surface area contributed by atoms with Gasteiger partial charge in [0.1, 0.15) is 17.2 Å². The molecule has 2 N–H and O–H groups in total. The van der Waals surface area contributed by atoms with Gasteiger partial charge >= 0.3 is 5.97 Å². The van der Waals surface area contributed by atoms with Gasteiger partial charge in [-0.15, -0.1) is 11.3 Å². The van der Waals surface area contributed by atoms with Crippen molar-refractivity contribution in [1.29, 1.82) is 0 Å². The van der Waals surface area contributed by atoms with Crippen LogP contribution in [0.5, 0.6) is 5.75 Å². The number of carboxylic acid groups (broad SMARTS) is 1. The molecule has 1 amide bonds. The van der Waals surface area contributed by atoms with Gasteiger partial charge < -0.3 is 19.9 Å². The Balaban J connectivity index is 2.28. The molecule has 94 valence electrons. The highest BCUT2D eigenvalue weighted by atomic mass is 32.1. The van der Waals surface area contributed by atoms with Crippen LogP contribution in [0.15, 0.2) is 11.4 Å². The van der Waals surface area contributed by atoms with E-state index in [4.69, 9.17) is 14.6 Å². The quantitative estimate of drug-likeness (QED) is 0.700. The second-order valence-electron chi connectivity index (χ2n) is 3.02. The molecule has 0 saturated carbocycles. The summed E-state index contributed by atoms with van der Waals surface area (Å²) in [4.78, 5) is 22.3. The summed E-state index contributed by atoms with van der Waals surface area (Å²) in [5, 5.41) is 12.7. The molecule has 1 rings (SSSR count). The van der Waals surface area contributed by atoms with Gasteiger partial charge in [0.2, 0.25) is 0 Å². The van der Waals surface area contributed by atoms with Crippen molar-refractivity contribution in [3.63, 3.8) is 0 Å². The lowest BCUT2D eigenvalue weighted by atomic mass is 10.4. The summed E-state index contributed by atoms with van der Waals surface area (Å²) in [5.74, 6) is -0.758. The SMILES string of the molecule is COc1ccsc1C(=O)NCCOCC(=O)O. The molecular formula is C10H13NO5S. The van der Waals surface area contributed by atoms with Crippen molar-refractivity contribution in [3.8, 4) is 5.75 Å². The third kappa shape index (κ3) is 4.41. The van der Waals surface area contributed by atoms with Gasteiger partial charge in [-0.1, -0.05) is 0 Å². The lowest BCUT2D eigenvalue weighted by molar-refractivity contribution is -0.142. The van der Waals surface area contributed by atoms with Crippen molar-refractivity contribution in [2.24, 2.45) is 0 Å². The van der Waals surface area contributed by atoms with Crippen molar-refractivity contribution < 1.29 is 24.2 Å². The zero-order chi connectivity index (χ0) is 12.7. The van der Waals surface area contributed by atoms with Crippen LogP contribution in [-0.2, 0) is 9.53 Å². The van der Waals surface area contributed by atoms with E-state index in [2.05, 4.69) is 5.32 Å². The number of aliphatic carboxylic acids is 1. The van der Waals surface area contributed by atoms with Crippen LogP contribution in [-0.4, -0.2) is 43.9 Å².